The van der Waals surface area contributed by atoms with Gasteiger partial charge in [0.1, 0.15) is 12.7 Å². The van der Waals surface area contributed by atoms with Crippen molar-refractivity contribution in [2.75, 3.05) is 20.3 Å². The van der Waals surface area contributed by atoms with E-state index in [0.29, 0.717) is 23.1 Å². The molecule has 1 fully saturated rings. The molecule has 1 aromatic carbocycles. The van der Waals surface area contributed by atoms with Gasteiger partial charge in [0.25, 0.3) is 0 Å². The summed E-state index contributed by atoms with van der Waals surface area (Å²) in [5.41, 5.74) is 0. The summed E-state index contributed by atoms with van der Waals surface area (Å²) in [4.78, 5) is 0. The second-order valence-corrected chi connectivity index (χ2v) is 3.50. The van der Waals surface area contributed by atoms with E-state index in [1.807, 2.05) is 0 Å². The average Bonchev–Trinajstić information content (AvgIpc) is 2.99. The number of ether oxygens (including phenoxy) is 3. The second kappa shape index (κ2) is 4.07. The lowest BCUT2D eigenvalue weighted by molar-refractivity contribution is 0.252. The molecule has 1 heterocycles. The summed E-state index contributed by atoms with van der Waals surface area (Å²) in [5, 5.41) is 0.636. The molecule has 0 saturated carbocycles. The molecular formula is C10H11ClO3. The molecule has 0 radical (unpaired) electrons. The van der Waals surface area contributed by atoms with Gasteiger partial charge in [-0.3, -0.25) is 0 Å². The molecule has 0 aliphatic carbocycles. The molecule has 0 aromatic heterocycles. The summed E-state index contributed by atoms with van der Waals surface area (Å²) < 4.78 is 15.7. The molecule has 1 saturated heterocycles. The van der Waals surface area contributed by atoms with Crippen LogP contribution in [-0.2, 0) is 4.74 Å². The molecule has 1 atom stereocenters. The Morgan fingerprint density at radius 3 is 2.93 bits per heavy atom. The highest BCUT2D eigenvalue weighted by Crippen LogP contribution is 2.30. The summed E-state index contributed by atoms with van der Waals surface area (Å²) in [7, 11) is 1.59. The van der Waals surface area contributed by atoms with Gasteiger partial charge in [-0.1, -0.05) is 11.6 Å². The van der Waals surface area contributed by atoms with Gasteiger partial charge in [0.2, 0.25) is 0 Å². The van der Waals surface area contributed by atoms with Crippen molar-refractivity contribution in [3.8, 4) is 11.5 Å². The Hall–Kier alpha value is -0.930. The predicted molar refractivity (Wildman–Crippen MR) is 53.2 cm³/mol. The zero-order chi connectivity index (χ0) is 9.97. The second-order valence-electron chi connectivity index (χ2n) is 3.06. The van der Waals surface area contributed by atoms with Gasteiger partial charge in [-0.25, -0.2) is 0 Å². The topological polar surface area (TPSA) is 31.0 Å². The third-order valence-electron chi connectivity index (χ3n) is 1.95. The number of rotatable bonds is 4. The number of hydrogen-bond acceptors (Lipinski definition) is 3. The summed E-state index contributed by atoms with van der Waals surface area (Å²) in [5.74, 6) is 1.35. The number of hydrogen-bond donors (Lipinski definition) is 0. The molecule has 0 amide bonds. The first-order valence-electron chi connectivity index (χ1n) is 4.37. The maximum atomic E-state index is 5.81. The van der Waals surface area contributed by atoms with Gasteiger partial charge in [-0.15, -0.1) is 0 Å². The van der Waals surface area contributed by atoms with Crippen LogP contribution in [0.15, 0.2) is 18.2 Å². The minimum absolute atomic E-state index is 0.246. The maximum Gasteiger partial charge on any atom is 0.162 e. The zero-order valence-corrected chi connectivity index (χ0v) is 8.58. The monoisotopic (exact) mass is 214 g/mol. The third kappa shape index (κ3) is 2.30. The molecule has 0 bridgehead atoms. The molecular weight excluding hydrogens is 204 g/mol. The van der Waals surface area contributed by atoms with Crippen molar-refractivity contribution in [2.45, 2.75) is 6.10 Å². The van der Waals surface area contributed by atoms with Gasteiger partial charge in [0.15, 0.2) is 11.5 Å². The normalized spacial score (nSPS) is 19.1. The first kappa shape index (κ1) is 9.62. The minimum Gasteiger partial charge on any atom is -0.493 e. The predicted octanol–water partition coefficient (Wildman–Crippen LogP) is 2.13. The van der Waals surface area contributed by atoms with Crippen LogP contribution in [0.4, 0.5) is 0 Å². The SMILES string of the molecule is COc1cc(Cl)ccc1OC[C@H]1CO1. The van der Waals surface area contributed by atoms with Crippen LogP contribution in [0.3, 0.4) is 0 Å². The largest absolute Gasteiger partial charge is 0.493 e. The van der Waals surface area contributed by atoms with E-state index in [0.717, 1.165) is 6.61 Å². The number of halogens is 1. The Morgan fingerprint density at radius 1 is 1.50 bits per heavy atom. The Kier molecular flexibility index (Phi) is 2.79. The van der Waals surface area contributed by atoms with Crippen LogP contribution in [0, 0.1) is 0 Å². The van der Waals surface area contributed by atoms with Crippen LogP contribution in [0.1, 0.15) is 0 Å². The van der Waals surface area contributed by atoms with Crippen molar-refractivity contribution in [3.63, 3.8) is 0 Å². The summed E-state index contributed by atoms with van der Waals surface area (Å²) in [6, 6.07) is 5.29. The van der Waals surface area contributed by atoms with Gasteiger partial charge in [0.05, 0.1) is 13.7 Å². The lowest BCUT2D eigenvalue weighted by Crippen LogP contribution is -2.04. The lowest BCUT2D eigenvalue weighted by atomic mass is 10.3. The smallest absolute Gasteiger partial charge is 0.162 e. The Balaban J connectivity index is 2.05. The minimum atomic E-state index is 0.246. The van der Waals surface area contributed by atoms with Gasteiger partial charge in [0, 0.05) is 11.1 Å². The standard InChI is InChI=1S/C10H11ClO3/c1-12-10-4-7(11)2-3-9(10)14-6-8-5-13-8/h2-4,8H,5-6H2,1H3/t8-/m1/s1. The zero-order valence-electron chi connectivity index (χ0n) is 7.83. The Bertz CT molecular complexity index is 323. The summed E-state index contributed by atoms with van der Waals surface area (Å²) in [6.45, 7) is 1.36. The van der Waals surface area contributed by atoms with Crippen LogP contribution in [0.2, 0.25) is 5.02 Å². The first-order chi connectivity index (χ1) is 6.79. The summed E-state index contributed by atoms with van der Waals surface area (Å²) >= 11 is 5.81. The Morgan fingerprint density at radius 2 is 2.29 bits per heavy atom. The first-order valence-corrected chi connectivity index (χ1v) is 4.75. The highest BCUT2D eigenvalue weighted by atomic mass is 35.5. The molecule has 1 aliphatic rings. The molecule has 14 heavy (non-hydrogen) atoms. The van der Waals surface area contributed by atoms with E-state index >= 15 is 0 Å². The van der Waals surface area contributed by atoms with E-state index in [1.165, 1.54) is 0 Å². The highest BCUT2D eigenvalue weighted by Gasteiger charge is 2.23. The van der Waals surface area contributed by atoms with Crippen LogP contribution in [-0.4, -0.2) is 26.4 Å². The van der Waals surface area contributed by atoms with E-state index in [-0.39, 0.29) is 6.10 Å². The molecule has 0 unspecified atom stereocenters. The molecule has 4 heteroatoms. The molecule has 76 valence electrons. The summed E-state index contributed by atoms with van der Waals surface area (Å²) in [6.07, 6.45) is 0.246. The number of benzene rings is 1. The maximum absolute atomic E-state index is 5.81. The fraction of sp³-hybridized carbons (Fsp3) is 0.400. The third-order valence-corrected chi connectivity index (χ3v) is 2.19. The lowest BCUT2D eigenvalue weighted by Gasteiger charge is -2.09. The quantitative estimate of drug-likeness (QED) is 0.720. The van der Waals surface area contributed by atoms with E-state index < -0.39 is 0 Å². The fourth-order valence-electron chi connectivity index (χ4n) is 1.11. The van der Waals surface area contributed by atoms with E-state index in [1.54, 1.807) is 25.3 Å². The van der Waals surface area contributed by atoms with Crippen molar-refractivity contribution in [3.05, 3.63) is 23.2 Å². The van der Waals surface area contributed by atoms with Crippen molar-refractivity contribution < 1.29 is 14.2 Å². The van der Waals surface area contributed by atoms with Crippen LogP contribution < -0.4 is 9.47 Å². The fourth-order valence-corrected chi connectivity index (χ4v) is 1.27. The molecule has 0 N–H and O–H groups in total. The van der Waals surface area contributed by atoms with E-state index in [9.17, 15) is 0 Å². The highest BCUT2D eigenvalue weighted by molar-refractivity contribution is 6.30. The number of epoxide rings is 1. The molecule has 0 spiro atoms. The van der Waals surface area contributed by atoms with Gasteiger partial charge < -0.3 is 14.2 Å². The van der Waals surface area contributed by atoms with E-state index in [2.05, 4.69) is 0 Å². The van der Waals surface area contributed by atoms with Crippen molar-refractivity contribution in [1.29, 1.82) is 0 Å². The molecule has 3 nitrogen and oxygen atoms in total. The average molecular weight is 215 g/mol. The van der Waals surface area contributed by atoms with Crippen molar-refractivity contribution >= 4 is 11.6 Å². The van der Waals surface area contributed by atoms with E-state index in [4.69, 9.17) is 25.8 Å². The van der Waals surface area contributed by atoms with Gasteiger partial charge in [-0.2, -0.15) is 0 Å². The van der Waals surface area contributed by atoms with Crippen molar-refractivity contribution in [2.24, 2.45) is 0 Å². The molecule has 1 aromatic rings. The number of methoxy groups -OCH3 is 1. The molecule has 1 aliphatic heterocycles. The van der Waals surface area contributed by atoms with Gasteiger partial charge in [-0.05, 0) is 12.1 Å². The van der Waals surface area contributed by atoms with Crippen LogP contribution in [0.25, 0.3) is 0 Å². The Labute approximate surface area is 87.5 Å². The van der Waals surface area contributed by atoms with Crippen molar-refractivity contribution in [1.82, 2.24) is 0 Å². The van der Waals surface area contributed by atoms with Crippen LogP contribution in [0.5, 0.6) is 11.5 Å². The van der Waals surface area contributed by atoms with Crippen LogP contribution >= 0.6 is 11.6 Å². The van der Waals surface area contributed by atoms with Gasteiger partial charge >= 0.3 is 0 Å². The molecule has 2 rings (SSSR count).